The molecule has 0 radical (unpaired) electrons. The standard InChI is InChI=1S/C29H29F3N2O5/c1-4-18-13-20(38-16-21-15-34(3)23-10-5-6-11-24(23)39-21)12-17(2)26(18)28(37)33-22-9-7-8-19(14-25(35)36)27(22)29(30,31)32/h5-13,21H,4,14-16H2,1-3H3,(H,33,37)(H,35,36)/t21-/m0/s1. The second-order valence-electron chi connectivity index (χ2n) is 9.39. The highest BCUT2D eigenvalue weighted by Gasteiger charge is 2.37. The number of carboxylic acids is 1. The zero-order valence-electron chi connectivity index (χ0n) is 21.8. The largest absolute Gasteiger partial charge is 0.490 e. The van der Waals surface area contributed by atoms with E-state index in [-0.39, 0.29) is 18.3 Å². The first-order valence-electron chi connectivity index (χ1n) is 12.4. The molecule has 0 aliphatic carbocycles. The molecule has 206 valence electrons. The van der Waals surface area contributed by atoms with E-state index >= 15 is 0 Å². The molecule has 3 aromatic carbocycles. The van der Waals surface area contributed by atoms with E-state index in [1.165, 1.54) is 6.07 Å². The zero-order valence-corrected chi connectivity index (χ0v) is 21.8. The van der Waals surface area contributed by atoms with Gasteiger partial charge in [-0.3, -0.25) is 9.59 Å². The minimum Gasteiger partial charge on any atom is -0.490 e. The molecule has 4 rings (SSSR count). The fraction of sp³-hybridized carbons (Fsp3) is 0.310. The van der Waals surface area contributed by atoms with Crippen LogP contribution in [0.1, 0.15) is 39.5 Å². The SMILES string of the molecule is CCc1cc(OC[C@@H]2CN(C)c3ccccc3O2)cc(C)c1C(=O)Nc1cccc(CC(=O)O)c1C(F)(F)F. The molecule has 1 heterocycles. The van der Waals surface area contributed by atoms with Crippen molar-refractivity contribution in [2.45, 2.75) is 39.0 Å². The van der Waals surface area contributed by atoms with E-state index in [1.807, 2.05) is 38.2 Å². The van der Waals surface area contributed by atoms with Crippen molar-refractivity contribution in [3.05, 3.63) is 82.4 Å². The van der Waals surface area contributed by atoms with Crippen molar-refractivity contribution in [1.82, 2.24) is 0 Å². The number of nitrogens with one attached hydrogen (secondary N) is 1. The van der Waals surface area contributed by atoms with E-state index in [0.717, 1.165) is 23.6 Å². The average Bonchev–Trinajstić information content (AvgIpc) is 2.86. The van der Waals surface area contributed by atoms with Gasteiger partial charge in [-0.05, 0) is 60.4 Å². The van der Waals surface area contributed by atoms with Gasteiger partial charge in [0.1, 0.15) is 24.2 Å². The van der Waals surface area contributed by atoms with Gasteiger partial charge in [-0.2, -0.15) is 13.2 Å². The summed E-state index contributed by atoms with van der Waals surface area (Å²) in [5.74, 6) is -0.839. The van der Waals surface area contributed by atoms with Crippen LogP contribution < -0.4 is 19.7 Å². The van der Waals surface area contributed by atoms with Crippen molar-refractivity contribution in [3.8, 4) is 11.5 Å². The van der Waals surface area contributed by atoms with Gasteiger partial charge in [0.15, 0.2) is 0 Å². The van der Waals surface area contributed by atoms with Gasteiger partial charge in [-0.15, -0.1) is 0 Å². The Labute approximate surface area is 224 Å². The van der Waals surface area contributed by atoms with E-state index in [9.17, 15) is 22.8 Å². The summed E-state index contributed by atoms with van der Waals surface area (Å²) < 4.78 is 53.6. The summed E-state index contributed by atoms with van der Waals surface area (Å²) in [6.07, 6.45) is -5.47. The molecule has 0 saturated carbocycles. The molecule has 1 aliphatic heterocycles. The van der Waals surface area contributed by atoms with Crippen molar-refractivity contribution in [2.24, 2.45) is 0 Å². The number of rotatable bonds is 8. The number of hydrogen-bond acceptors (Lipinski definition) is 5. The van der Waals surface area contributed by atoms with Gasteiger partial charge in [-0.25, -0.2) is 0 Å². The molecule has 0 spiro atoms. The number of carbonyl (C=O) groups is 2. The normalized spacial score (nSPS) is 14.8. The Morgan fingerprint density at radius 2 is 1.87 bits per heavy atom. The van der Waals surface area contributed by atoms with E-state index < -0.39 is 41.3 Å². The molecule has 1 atom stereocenters. The number of carboxylic acid groups (broad SMARTS) is 1. The smallest absolute Gasteiger partial charge is 0.418 e. The molecular formula is C29H29F3N2O5. The molecule has 0 unspecified atom stereocenters. The minimum absolute atomic E-state index is 0.225. The number of hydrogen-bond donors (Lipinski definition) is 2. The fourth-order valence-corrected chi connectivity index (χ4v) is 4.81. The highest BCUT2D eigenvalue weighted by atomic mass is 19.4. The molecule has 1 amide bonds. The van der Waals surface area contributed by atoms with Crippen molar-refractivity contribution >= 4 is 23.3 Å². The Bertz CT molecular complexity index is 1390. The number of nitrogens with zero attached hydrogens (tertiary/aromatic N) is 1. The fourth-order valence-electron chi connectivity index (χ4n) is 4.81. The summed E-state index contributed by atoms with van der Waals surface area (Å²) in [6.45, 7) is 4.41. The molecule has 0 saturated heterocycles. The lowest BCUT2D eigenvalue weighted by atomic mass is 9.97. The number of para-hydroxylation sites is 2. The van der Waals surface area contributed by atoms with Crippen LogP contribution in [-0.4, -0.2) is 43.3 Å². The van der Waals surface area contributed by atoms with Gasteiger partial charge in [0.25, 0.3) is 5.91 Å². The van der Waals surface area contributed by atoms with Crippen LogP contribution in [-0.2, 0) is 23.8 Å². The number of benzene rings is 3. The highest BCUT2D eigenvalue weighted by molar-refractivity contribution is 6.07. The highest BCUT2D eigenvalue weighted by Crippen LogP contribution is 2.38. The Morgan fingerprint density at radius 3 is 2.56 bits per heavy atom. The molecule has 7 nitrogen and oxygen atoms in total. The zero-order chi connectivity index (χ0) is 28.3. The lowest BCUT2D eigenvalue weighted by molar-refractivity contribution is -0.139. The third-order valence-electron chi connectivity index (χ3n) is 6.51. The monoisotopic (exact) mass is 542 g/mol. The Morgan fingerprint density at radius 1 is 1.13 bits per heavy atom. The number of amides is 1. The van der Waals surface area contributed by atoms with Crippen molar-refractivity contribution < 1.29 is 37.3 Å². The van der Waals surface area contributed by atoms with Gasteiger partial charge in [0.05, 0.1) is 29.9 Å². The first-order chi connectivity index (χ1) is 18.5. The lowest BCUT2D eigenvalue weighted by Crippen LogP contribution is -2.41. The number of alkyl halides is 3. The number of likely N-dealkylation sites (N-methyl/N-ethyl adjacent to an activating group) is 1. The predicted octanol–water partition coefficient (Wildman–Crippen LogP) is 5.73. The van der Waals surface area contributed by atoms with Crippen molar-refractivity contribution in [2.75, 3.05) is 30.4 Å². The van der Waals surface area contributed by atoms with Gasteiger partial charge in [0, 0.05) is 12.6 Å². The summed E-state index contributed by atoms with van der Waals surface area (Å²) in [7, 11) is 1.97. The number of aryl methyl sites for hydroxylation is 2. The average molecular weight is 543 g/mol. The first kappa shape index (κ1) is 27.8. The van der Waals surface area contributed by atoms with E-state index in [4.69, 9.17) is 14.6 Å². The second kappa shape index (κ2) is 11.3. The number of carbonyl (C=O) groups excluding carboxylic acids is 1. The molecule has 0 bridgehead atoms. The van der Waals surface area contributed by atoms with Crippen LogP contribution in [0.4, 0.5) is 24.5 Å². The summed E-state index contributed by atoms with van der Waals surface area (Å²) >= 11 is 0. The third-order valence-corrected chi connectivity index (χ3v) is 6.51. The van der Waals surface area contributed by atoms with E-state index in [1.54, 1.807) is 19.1 Å². The van der Waals surface area contributed by atoms with Gasteiger partial charge < -0.3 is 24.8 Å². The predicted molar refractivity (Wildman–Crippen MR) is 141 cm³/mol. The number of anilines is 2. The number of ether oxygens (including phenoxy) is 2. The number of fused-ring (bicyclic) bond motifs is 1. The second-order valence-corrected chi connectivity index (χ2v) is 9.39. The molecule has 39 heavy (non-hydrogen) atoms. The molecule has 10 heteroatoms. The number of halogens is 3. The van der Waals surface area contributed by atoms with Crippen LogP contribution in [0.3, 0.4) is 0 Å². The van der Waals surface area contributed by atoms with Crippen LogP contribution in [0.15, 0.2) is 54.6 Å². The van der Waals surface area contributed by atoms with Crippen molar-refractivity contribution in [3.63, 3.8) is 0 Å². The Kier molecular flexibility index (Phi) is 8.03. The van der Waals surface area contributed by atoms with Gasteiger partial charge in [-0.1, -0.05) is 31.2 Å². The maximum absolute atomic E-state index is 13.9. The maximum Gasteiger partial charge on any atom is 0.418 e. The third kappa shape index (κ3) is 6.27. The van der Waals surface area contributed by atoms with Crippen LogP contribution >= 0.6 is 0 Å². The van der Waals surface area contributed by atoms with E-state index in [2.05, 4.69) is 10.2 Å². The van der Waals surface area contributed by atoms with E-state index in [0.29, 0.717) is 29.8 Å². The Hall–Kier alpha value is -4.21. The van der Waals surface area contributed by atoms with Crippen LogP contribution in [0.2, 0.25) is 0 Å². The molecule has 0 fully saturated rings. The van der Waals surface area contributed by atoms with Crippen LogP contribution in [0.5, 0.6) is 11.5 Å². The topological polar surface area (TPSA) is 88.1 Å². The lowest BCUT2D eigenvalue weighted by Gasteiger charge is -2.33. The molecule has 0 aromatic heterocycles. The minimum atomic E-state index is -4.86. The van der Waals surface area contributed by atoms with Crippen LogP contribution in [0, 0.1) is 6.92 Å². The molecule has 2 N–H and O–H groups in total. The summed E-state index contributed by atoms with van der Waals surface area (Å²) in [5, 5.41) is 11.4. The quantitative estimate of drug-likeness (QED) is 0.378. The first-order valence-corrected chi connectivity index (χ1v) is 12.4. The number of aliphatic carboxylic acids is 1. The summed E-state index contributed by atoms with van der Waals surface area (Å²) in [4.78, 5) is 26.4. The molecular weight excluding hydrogens is 513 g/mol. The van der Waals surface area contributed by atoms with Crippen LogP contribution in [0.25, 0.3) is 0 Å². The van der Waals surface area contributed by atoms with Crippen molar-refractivity contribution in [1.29, 1.82) is 0 Å². The van der Waals surface area contributed by atoms with Gasteiger partial charge >= 0.3 is 12.1 Å². The Balaban J connectivity index is 1.54. The maximum atomic E-state index is 13.9. The molecule has 1 aliphatic rings. The summed E-state index contributed by atoms with van der Waals surface area (Å²) in [5.41, 5.74) is 0.276. The van der Waals surface area contributed by atoms with Gasteiger partial charge in [0.2, 0.25) is 0 Å². The summed E-state index contributed by atoms with van der Waals surface area (Å²) in [6, 6.07) is 14.6. The molecule has 3 aromatic rings.